The number of aryl methyl sites for hydroxylation is 1. The quantitative estimate of drug-likeness (QED) is 0.169. The number of aromatic nitrogens is 3. The maximum absolute atomic E-state index is 12.0. The number of fused-ring (bicyclic) bond motifs is 1. The molecule has 0 bridgehead atoms. The molecule has 60 heavy (non-hydrogen) atoms. The van der Waals surface area contributed by atoms with E-state index in [1.807, 2.05) is 19.1 Å². The fraction of sp³-hybridized carbons (Fsp3) is 0.236. The number of hydrogen-bond acceptors (Lipinski definition) is 3. The van der Waals surface area contributed by atoms with Gasteiger partial charge in [0, 0.05) is 38.5 Å². The van der Waals surface area contributed by atoms with Gasteiger partial charge >= 0.3 is 0 Å². The fourth-order valence-corrected chi connectivity index (χ4v) is 7.58. The summed E-state index contributed by atoms with van der Waals surface area (Å²) in [6.07, 6.45) is 1.60. The monoisotopic (exact) mass is 972 g/mol. The number of hydrogen-bond donors (Lipinski definition) is 1. The number of para-hydroxylation sites is 1. The van der Waals surface area contributed by atoms with E-state index < -0.39 is 6.04 Å². The standard InChI is InChI=1S/C55H54N3O.Pt/c1-35-28-42(54(5,6)7)34-46(51(35)59)52-57-50-44(22-17-23-49(50)58(52)48-25-24-41(53(2,3)4)33-45(48)37-20-15-12-16-21-37)39-29-40(31-43(30-39)55(8,9)10)47-32-38(26-27-56-47)36-18-13-11-14-19-36;/h11-28,30-34,59H,1-10H3;/q-1;/i11D,13D,14D,18D,19D;. The summed E-state index contributed by atoms with van der Waals surface area (Å²) in [5, 5.41) is 12.0. The molecule has 2 heterocycles. The maximum Gasteiger partial charge on any atom is 0.148 e. The number of phenols is 1. The Morgan fingerprint density at radius 2 is 1.25 bits per heavy atom. The van der Waals surface area contributed by atoms with Gasteiger partial charge in [0.15, 0.2) is 0 Å². The Bertz CT molecular complexity index is 3110. The first kappa shape index (κ1) is 36.3. The molecule has 8 aromatic rings. The molecule has 8 rings (SSSR count). The third kappa shape index (κ3) is 8.28. The Morgan fingerprint density at radius 1 is 0.600 bits per heavy atom. The summed E-state index contributed by atoms with van der Waals surface area (Å²) in [7, 11) is 0. The van der Waals surface area contributed by atoms with Crippen molar-refractivity contribution >= 4 is 11.0 Å². The molecule has 0 atom stereocenters. The molecule has 2 aromatic heterocycles. The van der Waals surface area contributed by atoms with Gasteiger partial charge in [-0.15, -0.1) is 29.3 Å². The molecule has 0 saturated carbocycles. The van der Waals surface area contributed by atoms with Crippen molar-refractivity contribution in [3.63, 3.8) is 0 Å². The van der Waals surface area contributed by atoms with E-state index in [1.165, 1.54) is 5.56 Å². The molecule has 0 aliphatic carbocycles. The van der Waals surface area contributed by atoms with Gasteiger partial charge in [0.05, 0.1) is 29.1 Å². The molecule has 0 aliphatic heterocycles. The van der Waals surface area contributed by atoms with E-state index >= 15 is 0 Å². The number of benzene rings is 6. The van der Waals surface area contributed by atoms with Gasteiger partial charge in [0.25, 0.3) is 0 Å². The third-order valence-corrected chi connectivity index (χ3v) is 11.1. The van der Waals surface area contributed by atoms with Crippen LogP contribution in [0, 0.1) is 13.0 Å². The summed E-state index contributed by atoms with van der Waals surface area (Å²) >= 11 is 0. The van der Waals surface area contributed by atoms with Gasteiger partial charge in [-0.1, -0.05) is 164 Å². The number of pyridine rings is 1. The molecule has 0 fully saturated rings. The van der Waals surface area contributed by atoms with Gasteiger partial charge in [-0.3, -0.25) is 9.55 Å². The van der Waals surface area contributed by atoms with Crippen LogP contribution in [0.3, 0.4) is 0 Å². The molecule has 4 nitrogen and oxygen atoms in total. The minimum atomic E-state index is -0.436. The summed E-state index contributed by atoms with van der Waals surface area (Å²) in [5.74, 6) is 0.780. The van der Waals surface area contributed by atoms with Crippen LogP contribution in [0.5, 0.6) is 5.75 Å². The molecule has 5 heteroatoms. The molecule has 6 aromatic carbocycles. The zero-order chi connectivity index (χ0) is 46.2. The number of rotatable bonds is 6. The number of aromatic hydroxyl groups is 1. The molecule has 306 valence electrons. The number of imidazole rings is 1. The van der Waals surface area contributed by atoms with E-state index in [1.54, 1.807) is 18.3 Å². The second kappa shape index (κ2) is 16.1. The van der Waals surface area contributed by atoms with Crippen LogP contribution < -0.4 is 0 Å². The van der Waals surface area contributed by atoms with Crippen LogP contribution in [0.1, 0.15) is 91.4 Å². The number of nitrogens with zero attached hydrogens (tertiary/aromatic N) is 3. The fourth-order valence-electron chi connectivity index (χ4n) is 7.58. The van der Waals surface area contributed by atoms with Crippen LogP contribution in [0.4, 0.5) is 0 Å². The van der Waals surface area contributed by atoms with Crippen molar-refractivity contribution in [3.05, 3.63) is 168 Å². The first-order chi connectivity index (χ1) is 30.0. The third-order valence-electron chi connectivity index (χ3n) is 11.1. The Kier molecular flexibility index (Phi) is 9.76. The molecule has 1 N–H and O–H groups in total. The normalized spacial score (nSPS) is 13.3. The average molecular weight is 973 g/mol. The second-order valence-corrected chi connectivity index (χ2v) is 18.6. The Labute approximate surface area is 377 Å². The van der Waals surface area contributed by atoms with E-state index in [0.717, 1.165) is 55.7 Å². The molecule has 0 amide bonds. The van der Waals surface area contributed by atoms with Crippen molar-refractivity contribution in [3.8, 4) is 67.5 Å². The molecule has 0 unspecified atom stereocenters. The van der Waals surface area contributed by atoms with Gasteiger partial charge in [-0.05, 0) is 86.9 Å². The van der Waals surface area contributed by atoms with Crippen LogP contribution >= 0.6 is 0 Å². The van der Waals surface area contributed by atoms with E-state index in [2.05, 4.69) is 152 Å². The summed E-state index contributed by atoms with van der Waals surface area (Å²) in [4.78, 5) is 10.3. The van der Waals surface area contributed by atoms with E-state index in [-0.39, 0.29) is 72.8 Å². The second-order valence-electron chi connectivity index (χ2n) is 18.6. The Hall–Kier alpha value is -5.57. The van der Waals surface area contributed by atoms with Crippen molar-refractivity contribution in [1.82, 2.24) is 14.5 Å². The van der Waals surface area contributed by atoms with Gasteiger partial charge < -0.3 is 5.11 Å². The maximum atomic E-state index is 12.0. The molecule has 0 spiro atoms. The largest absolute Gasteiger partial charge is 0.507 e. The van der Waals surface area contributed by atoms with Gasteiger partial charge in [0.1, 0.15) is 11.6 Å². The van der Waals surface area contributed by atoms with E-state index in [9.17, 15) is 5.11 Å². The molecular formula is C55H54N3OPt-. The summed E-state index contributed by atoms with van der Waals surface area (Å²) in [5.41, 5.74) is 12.1. The van der Waals surface area contributed by atoms with Crippen molar-refractivity contribution < 1.29 is 33.0 Å². The minimum absolute atomic E-state index is 0. The zero-order valence-corrected chi connectivity index (χ0v) is 38.3. The van der Waals surface area contributed by atoms with Gasteiger partial charge in [0.2, 0.25) is 0 Å². The van der Waals surface area contributed by atoms with E-state index in [4.69, 9.17) is 16.8 Å². The summed E-state index contributed by atoms with van der Waals surface area (Å²) in [6, 6.07) is 36.9. The van der Waals surface area contributed by atoms with Crippen LogP contribution in [0.2, 0.25) is 0 Å². The predicted octanol–water partition coefficient (Wildman–Crippen LogP) is 14.5. The van der Waals surface area contributed by atoms with Crippen molar-refractivity contribution in [2.45, 2.75) is 85.5 Å². The van der Waals surface area contributed by atoms with Crippen LogP contribution in [-0.2, 0) is 37.3 Å². The van der Waals surface area contributed by atoms with Crippen LogP contribution in [0.25, 0.3) is 72.7 Å². The van der Waals surface area contributed by atoms with E-state index in [0.29, 0.717) is 28.2 Å². The van der Waals surface area contributed by atoms with Crippen molar-refractivity contribution in [2.75, 3.05) is 0 Å². The molecular weight excluding hydrogens is 914 g/mol. The number of phenolic OH excluding ortho intramolecular Hbond substituents is 1. The smallest absolute Gasteiger partial charge is 0.148 e. The SMILES string of the molecule is [2H]c1c([2H])c([2H])c(-c2ccnc(-c3[c-]c(-c4cccc5c4nc(-c4cc(C(C)(C)C)cc(C)c4O)n5-c4ccc(C(C)(C)C)cc4-c4ccccc4)cc(C(C)(C)C)c3)c2)c([2H])c1[2H].[Pt]. The summed E-state index contributed by atoms with van der Waals surface area (Å²) in [6.45, 7) is 21.6. The first-order valence-corrected chi connectivity index (χ1v) is 20.2. The predicted molar refractivity (Wildman–Crippen MR) is 247 cm³/mol. The molecule has 0 saturated heterocycles. The van der Waals surface area contributed by atoms with Crippen LogP contribution in [0.15, 0.2) is 140 Å². The van der Waals surface area contributed by atoms with Gasteiger partial charge in [-0.2, -0.15) is 0 Å². The minimum Gasteiger partial charge on any atom is -0.507 e. The first-order valence-electron chi connectivity index (χ1n) is 22.7. The molecule has 0 radical (unpaired) electrons. The average Bonchev–Trinajstić information content (AvgIpc) is 3.64. The van der Waals surface area contributed by atoms with Crippen LogP contribution in [-0.4, -0.2) is 19.6 Å². The van der Waals surface area contributed by atoms with Gasteiger partial charge in [-0.25, -0.2) is 4.98 Å². The molecule has 0 aliphatic rings. The van der Waals surface area contributed by atoms with Crippen molar-refractivity contribution in [1.29, 1.82) is 0 Å². The zero-order valence-electron chi connectivity index (χ0n) is 41.0. The Morgan fingerprint density at radius 3 is 1.93 bits per heavy atom. The van der Waals surface area contributed by atoms with Crippen molar-refractivity contribution in [2.24, 2.45) is 0 Å². The summed E-state index contributed by atoms with van der Waals surface area (Å²) < 4.78 is 44.3. The topological polar surface area (TPSA) is 50.9 Å². The Balaban J connectivity index is 0.00000630.